The van der Waals surface area contributed by atoms with Crippen LogP contribution in [0.25, 0.3) is 0 Å². The van der Waals surface area contributed by atoms with Gasteiger partial charge in [0.2, 0.25) is 0 Å². The summed E-state index contributed by atoms with van der Waals surface area (Å²) in [6, 6.07) is 19.2. The van der Waals surface area contributed by atoms with Gasteiger partial charge in [-0.05, 0) is 18.1 Å². The first-order chi connectivity index (χ1) is 10.7. The highest BCUT2D eigenvalue weighted by Crippen LogP contribution is 2.28. The number of carbonyl (C=O) groups excluding carboxylic acids is 1. The number of hydrogen-bond donors (Lipinski definition) is 1. The van der Waals surface area contributed by atoms with Gasteiger partial charge in [0.25, 0.3) is 5.91 Å². The minimum absolute atomic E-state index is 0.103. The minimum atomic E-state index is -1.39. The van der Waals surface area contributed by atoms with Crippen LogP contribution in [-0.2, 0) is 20.4 Å². The van der Waals surface area contributed by atoms with E-state index in [1.54, 1.807) is 6.92 Å². The van der Waals surface area contributed by atoms with Gasteiger partial charge in [-0.1, -0.05) is 60.7 Å². The van der Waals surface area contributed by atoms with Crippen molar-refractivity contribution in [3.63, 3.8) is 0 Å². The van der Waals surface area contributed by atoms with E-state index in [0.717, 1.165) is 11.1 Å². The Hall–Kier alpha value is -1.98. The zero-order valence-electron chi connectivity index (χ0n) is 12.4. The lowest BCUT2D eigenvalue weighted by atomic mass is 10.0. The monoisotopic (exact) mass is 317 g/mol. The van der Waals surface area contributed by atoms with Crippen molar-refractivity contribution in [2.75, 3.05) is 12.4 Å². The molecule has 0 saturated carbocycles. The standard InChI is InChI=1S/C17H19NO3S/c1-2-21-18-16(19)13-22(20)17(14-9-5-3-6-10-14)15-11-7-4-8-12-15/h3-12,17H,2,13H2,1H3,(H,18,19). The highest BCUT2D eigenvalue weighted by atomic mass is 32.2. The molecule has 1 unspecified atom stereocenters. The summed E-state index contributed by atoms with van der Waals surface area (Å²) < 4.78 is 12.7. The maximum atomic E-state index is 12.7. The zero-order chi connectivity index (χ0) is 15.8. The molecule has 22 heavy (non-hydrogen) atoms. The molecule has 0 aliphatic carbocycles. The first kappa shape index (κ1) is 16.4. The van der Waals surface area contributed by atoms with E-state index < -0.39 is 10.8 Å². The summed E-state index contributed by atoms with van der Waals surface area (Å²) in [6.07, 6.45) is 0. The van der Waals surface area contributed by atoms with E-state index in [9.17, 15) is 9.00 Å². The molecular weight excluding hydrogens is 298 g/mol. The van der Waals surface area contributed by atoms with Crippen LogP contribution in [0.15, 0.2) is 60.7 Å². The quantitative estimate of drug-likeness (QED) is 0.799. The van der Waals surface area contributed by atoms with Crippen LogP contribution < -0.4 is 5.48 Å². The average molecular weight is 317 g/mol. The summed E-state index contributed by atoms with van der Waals surface area (Å²) in [5.74, 6) is -0.480. The van der Waals surface area contributed by atoms with E-state index >= 15 is 0 Å². The molecule has 0 bridgehead atoms. The van der Waals surface area contributed by atoms with Gasteiger partial charge in [0.1, 0.15) is 5.75 Å². The first-order valence-corrected chi connectivity index (χ1v) is 8.48. The normalized spacial score (nSPS) is 12.1. The Morgan fingerprint density at radius 3 is 2.00 bits per heavy atom. The SMILES string of the molecule is CCONC(=O)CS(=O)C(c1ccccc1)c1ccccc1. The van der Waals surface area contributed by atoms with Crippen LogP contribution >= 0.6 is 0 Å². The molecule has 0 fully saturated rings. The summed E-state index contributed by atoms with van der Waals surface area (Å²) >= 11 is 0. The van der Waals surface area contributed by atoms with E-state index in [1.165, 1.54) is 0 Å². The van der Waals surface area contributed by atoms with Crippen molar-refractivity contribution in [3.05, 3.63) is 71.8 Å². The molecule has 0 aliphatic rings. The van der Waals surface area contributed by atoms with Crippen molar-refractivity contribution in [1.82, 2.24) is 5.48 Å². The molecule has 0 heterocycles. The average Bonchev–Trinajstić information content (AvgIpc) is 2.55. The summed E-state index contributed by atoms with van der Waals surface area (Å²) in [5, 5.41) is -0.338. The summed E-state index contributed by atoms with van der Waals surface area (Å²) in [7, 11) is -1.39. The summed E-state index contributed by atoms with van der Waals surface area (Å²) in [5.41, 5.74) is 4.14. The first-order valence-electron chi connectivity index (χ1n) is 7.10. The largest absolute Gasteiger partial charge is 0.274 e. The van der Waals surface area contributed by atoms with Crippen LogP contribution in [0.5, 0.6) is 0 Å². The van der Waals surface area contributed by atoms with Gasteiger partial charge in [-0.3, -0.25) is 13.8 Å². The number of benzene rings is 2. The van der Waals surface area contributed by atoms with Gasteiger partial charge in [0.05, 0.1) is 11.9 Å². The molecule has 2 rings (SSSR count). The van der Waals surface area contributed by atoms with Crippen molar-refractivity contribution in [3.8, 4) is 0 Å². The molecule has 0 saturated heterocycles. The second-order valence-electron chi connectivity index (χ2n) is 4.68. The molecule has 0 aromatic heterocycles. The number of nitrogens with one attached hydrogen (secondary N) is 1. The Labute approximate surface area is 132 Å². The third-order valence-corrected chi connectivity index (χ3v) is 4.69. The molecule has 1 amide bonds. The van der Waals surface area contributed by atoms with Gasteiger partial charge in [-0.15, -0.1) is 0 Å². The predicted octanol–water partition coefficient (Wildman–Crippen LogP) is 2.59. The van der Waals surface area contributed by atoms with Gasteiger partial charge in [-0.25, -0.2) is 5.48 Å². The zero-order valence-corrected chi connectivity index (χ0v) is 13.2. The van der Waals surface area contributed by atoms with E-state index in [0.29, 0.717) is 6.61 Å². The van der Waals surface area contributed by atoms with Crippen LogP contribution in [0, 0.1) is 0 Å². The summed E-state index contributed by atoms with van der Waals surface area (Å²) in [4.78, 5) is 16.6. The van der Waals surface area contributed by atoms with Gasteiger partial charge in [0.15, 0.2) is 0 Å². The molecule has 0 spiro atoms. The lowest BCUT2D eigenvalue weighted by Crippen LogP contribution is -2.30. The fourth-order valence-corrected chi connectivity index (χ4v) is 3.55. The van der Waals surface area contributed by atoms with Crippen LogP contribution in [-0.4, -0.2) is 22.5 Å². The molecule has 116 valence electrons. The van der Waals surface area contributed by atoms with Gasteiger partial charge < -0.3 is 0 Å². The van der Waals surface area contributed by atoms with Crippen molar-refractivity contribution in [2.24, 2.45) is 0 Å². The number of hydroxylamine groups is 1. The van der Waals surface area contributed by atoms with E-state index in [4.69, 9.17) is 4.84 Å². The molecule has 5 heteroatoms. The van der Waals surface area contributed by atoms with Crippen LogP contribution in [0.2, 0.25) is 0 Å². The second-order valence-corrected chi connectivity index (χ2v) is 6.21. The predicted molar refractivity (Wildman–Crippen MR) is 87.5 cm³/mol. The Bertz CT molecular complexity index is 577. The Kier molecular flexibility index (Phi) is 6.30. The highest BCUT2D eigenvalue weighted by Gasteiger charge is 2.23. The van der Waals surface area contributed by atoms with E-state index in [2.05, 4.69) is 5.48 Å². The third-order valence-electron chi connectivity index (χ3n) is 3.07. The lowest BCUT2D eigenvalue weighted by Gasteiger charge is -2.17. The van der Waals surface area contributed by atoms with Gasteiger partial charge in [-0.2, -0.15) is 0 Å². The number of hydrogen-bond acceptors (Lipinski definition) is 3. The Morgan fingerprint density at radius 2 is 1.55 bits per heavy atom. The summed E-state index contributed by atoms with van der Waals surface area (Å²) in [6.45, 7) is 2.15. The molecule has 2 aromatic rings. The maximum absolute atomic E-state index is 12.7. The van der Waals surface area contributed by atoms with Gasteiger partial charge >= 0.3 is 0 Å². The van der Waals surface area contributed by atoms with E-state index in [-0.39, 0.29) is 16.9 Å². The fourth-order valence-electron chi connectivity index (χ4n) is 2.15. The second kappa shape index (κ2) is 8.46. The maximum Gasteiger partial charge on any atom is 0.256 e. The topological polar surface area (TPSA) is 55.4 Å². The Morgan fingerprint density at radius 1 is 1.05 bits per heavy atom. The van der Waals surface area contributed by atoms with Crippen LogP contribution in [0.4, 0.5) is 0 Å². The highest BCUT2D eigenvalue weighted by molar-refractivity contribution is 7.86. The van der Waals surface area contributed by atoms with Crippen molar-refractivity contribution >= 4 is 16.7 Å². The van der Waals surface area contributed by atoms with Crippen LogP contribution in [0.3, 0.4) is 0 Å². The van der Waals surface area contributed by atoms with Crippen LogP contribution in [0.1, 0.15) is 23.3 Å². The number of amides is 1. The lowest BCUT2D eigenvalue weighted by molar-refractivity contribution is -0.130. The van der Waals surface area contributed by atoms with Crippen molar-refractivity contribution in [1.29, 1.82) is 0 Å². The molecule has 2 aromatic carbocycles. The molecule has 0 aliphatic heterocycles. The molecule has 1 N–H and O–H groups in total. The molecular formula is C17H19NO3S. The van der Waals surface area contributed by atoms with E-state index in [1.807, 2.05) is 60.7 Å². The van der Waals surface area contributed by atoms with Gasteiger partial charge in [0, 0.05) is 10.8 Å². The minimum Gasteiger partial charge on any atom is -0.274 e. The third kappa shape index (κ3) is 4.51. The number of carbonyl (C=O) groups is 1. The molecule has 1 atom stereocenters. The number of rotatable bonds is 7. The fraction of sp³-hybridized carbons (Fsp3) is 0.235. The van der Waals surface area contributed by atoms with Crippen molar-refractivity contribution in [2.45, 2.75) is 12.2 Å². The molecule has 0 radical (unpaired) electrons. The Balaban J connectivity index is 2.22. The smallest absolute Gasteiger partial charge is 0.256 e. The van der Waals surface area contributed by atoms with Crippen molar-refractivity contribution < 1.29 is 13.8 Å². The molecule has 4 nitrogen and oxygen atoms in total.